The lowest BCUT2D eigenvalue weighted by molar-refractivity contribution is 0.109. The molecule has 0 aliphatic carbocycles. The average molecular weight is 434 g/mol. The topological polar surface area (TPSA) is 91.8 Å². The van der Waals surface area contributed by atoms with Crippen molar-refractivity contribution in [1.29, 1.82) is 0 Å². The molecule has 2 aliphatic rings. The van der Waals surface area contributed by atoms with Crippen LogP contribution in [-0.2, 0) is 10.3 Å². The van der Waals surface area contributed by atoms with Gasteiger partial charge in [0, 0.05) is 29.0 Å². The fourth-order valence-electron chi connectivity index (χ4n) is 4.00. The fraction of sp³-hybridized carbons (Fsp3) is 0.292. The number of amidine groups is 1. The lowest BCUT2D eigenvalue weighted by Gasteiger charge is -2.39. The van der Waals surface area contributed by atoms with Gasteiger partial charge in [0.15, 0.2) is 5.75 Å². The first-order valence-corrected chi connectivity index (χ1v) is 10.4. The molecule has 2 N–H and O–H groups in total. The van der Waals surface area contributed by atoms with Gasteiger partial charge in [-0.3, -0.25) is 9.98 Å². The third-order valence-electron chi connectivity index (χ3n) is 5.43. The van der Waals surface area contributed by atoms with E-state index in [2.05, 4.69) is 23.8 Å². The third-order valence-corrected chi connectivity index (χ3v) is 5.43. The van der Waals surface area contributed by atoms with Gasteiger partial charge in [0.25, 0.3) is 0 Å². The van der Waals surface area contributed by atoms with Crippen molar-refractivity contribution in [3.8, 4) is 28.5 Å². The molecule has 1 spiro atoms. The number of hydrogen-bond acceptors (Lipinski definition) is 7. The number of fused-ring (bicyclic) bond motifs is 4. The summed E-state index contributed by atoms with van der Waals surface area (Å²) >= 11 is 0. The highest BCUT2D eigenvalue weighted by atomic mass is 19.1. The Balaban J connectivity index is 1.67. The van der Waals surface area contributed by atoms with Gasteiger partial charge < -0.3 is 19.9 Å². The van der Waals surface area contributed by atoms with Crippen molar-refractivity contribution >= 4 is 5.84 Å². The fourth-order valence-corrected chi connectivity index (χ4v) is 4.00. The van der Waals surface area contributed by atoms with Crippen molar-refractivity contribution in [3.05, 3.63) is 65.9 Å². The number of nitrogens with two attached hydrogens (primary N) is 1. The normalized spacial score (nSPS) is 19.2. The molecule has 0 saturated heterocycles. The second kappa shape index (κ2) is 7.87. The van der Waals surface area contributed by atoms with E-state index in [1.54, 1.807) is 12.4 Å². The summed E-state index contributed by atoms with van der Waals surface area (Å²) in [4.78, 5) is 13.2. The monoisotopic (exact) mass is 434 g/mol. The van der Waals surface area contributed by atoms with Gasteiger partial charge in [-0.2, -0.15) is 0 Å². The summed E-state index contributed by atoms with van der Waals surface area (Å²) < 4.78 is 31.7. The maximum atomic E-state index is 13.8. The Labute approximate surface area is 185 Å². The number of nitrogens with zero attached hydrogens (tertiary/aromatic N) is 3. The zero-order valence-corrected chi connectivity index (χ0v) is 17.8. The highest BCUT2D eigenvalue weighted by Gasteiger charge is 2.45. The lowest BCUT2D eigenvalue weighted by Crippen LogP contribution is -2.42. The van der Waals surface area contributed by atoms with Crippen LogP contribution in [-0.4, -0.2) is 35.6 Å². The van der Waals surface area contributed by atoms with Gasteiger partial charge in [-0.15, -0.1) is 0 Å². The molecule has 32 heavy (non-hydrogen) atoms. The standard InChI is InChI=1S/C24H23FN4O3/c1-14(2)11-31-23-7-19-21(10-28-23)32-20-4-3-15(16-5-17(25)9-27-8-16)6-18(20)24(19)13-30-12-22(26)29-24/h3-10,14H,11-13H2,1-2H3,(H2,26,29)/t24-/m0/s1. The smallest absolute Gasteiger partial charge is 0.213 e. The Morgan fingerprint density at radius 1 is 1.09 bits per heavy atom. The van der Waals surface area contributed by atoms with Crippen LogP contribution in [0.1, 0.15) is 25.0 Å². The molecular formula is C24H23FN4O3. The van der Waals surface area contributed by atoms with Crippen molar-refractivity contribution in [2.24, 2.45) is 16.6 Å². The number of halogens is 1. The minimum atomic E-state index is -0.930. The minimum absolute atomic E-state index is 0.253. The highest BCUT2D eigenvalue weighted by Crippen LogP contribution is 2.51. The predicted molar refractivity (Wildman–Crippen MR) is 117 cm³/mol. The molecule has 1 aromatic carbocycles. The summed E-state index contributed by atoms with van der Waals surface area (Å²) in [6.45, 7) is 5.21. The molecular weight excluding hydrogens is 411 g/mol. The molecule has 164 valence electrons. The van der Waals surface area contributed by atoms with E-state index in [-0.39, 0.29) is 13.2 Å². The van der Waals surface area contributed by atoms with Crippen LogP contribution in [0.3, 0.4) is 0 Å². The Hall–Kier alpha value is -3.52. The molecule has 2 aromatic heterocycles. The molecule has 7 nitrogen and oxygen atoms in total. The van der Waals surface area contributed by atoms with Gasteiger partial charge in [0.05, 0.1) is 25.6 Å². The van der Waals surface area contributed by atoms with E-state index in [0.29, 0.717) is 41.3 Å². The van der Waals surface area contributed by atoms with Crippen LogP contribution < -0.4 is 15.2 Å². The number of aliphatic imine (C=N–C) groups is 1. The van der Waals surface area contributed by atoms with Crippen LogP contribution in [0, 0.1) is 11.7 Å². The Morgan fingerprint density at radius 3 is 2.72 bits per heavy atom. The summed E-state index contributed by atoms with van der Waals surface area (Å²) in [5.41, 5.74) is 8.18. The minimum Gasteiger partial charge on any atom is -0.477 e. The van der Waals surface area contributed by atoms with Crippen molar-refractivity contribution in [2.45, 2.75) is 19.4 Å². The number of aromatic nitrogens is 2. The lowest BCUT2D eigenvalue weighted by atomic mass is 9.80. The van der Waals surface area contributed by atoms with Crippen LogP contribution in [0.15, 0.2) is 53.9 Å². The van der Waals surface area contributed by atoms with E-state index in [4.69, 9.17) is 24.9 Å². The average Bonchev–Trinajstić information content (AvgIpc) is 2.78. The van der Waals surface area contributed by atoms with E-state index in [0.717, 1.165) is 16.7 Å². The first kappa shape index (κ1) is 20.4. The first-order valence-electron chi connectivity index (χ1n) is 10.4. The van der Waals surface area contributed by atoms with Gasteiger partial charge in [-0.25, -0.2) is 9.37 Å². The second-order valence-corrected chi connectivity index (χ2v) is 8.38. The zero-order valence-electron chi connectivity index (χ0n) is 17.8. The number of benzene rings is 1. The van der Waals surface area contributed by atoms with Crippen molar-refractivity contribution < 1.29 is 18.6 Å². The molecule has 4 heterocycles. The molecule has 0 amide bonds. The molecule has 0 bridgehead atoms. The van der Waals surface area contributed by atoms with Gasteiger partial charge in [0.2, 0.25) is 5.88 Å². The Kier molecular flexibility index (Phi) is 5.01. The maximum Gasteiger partial charge on any atom is 0.213 e. The van der Waals surface area contributed by atoms with Crippen molar-refractivity contribution in [1.82, 2.24) is 9.97 Å². The van der Waals surface area contributed by atoms with E-state index >= 15 is 0 Å². The zero-order chi connectivity index (χ0) is 22.3. The SMILES string of the molecule is CC(C)COc1cc2c(cn1)Oc1ccc(-c3cncc(F)c3)cc1[C@@]21COCC(N)=N1. The van der Waals surface area contributed by atoms with Gasteiger partial charge in [-0.1, -0.05) is 19.9 Å². The van der Waals surface area contributed by atoms with Crippen LogP contribution in [0.25, 0.3) is 11.1 Å². The number of pyridine rings is 2. The van der Waals surface area contributed by atoms with E-state index in [9.17, 15) is 4.39 Å². The second-order valence-electron chi connectivity index (χ2n) is 8.38. The maximum absolute atomic E-state index is 13.8. The van der Waals surface area contributed by atoms with Crippen molar-refractivity contribution in [2.75, 3.05) is 19.8 Å². The van der Waals surface area contributed by atoms with Crippen LogP contribution in [0.4, 0.5) is 4.39 Å². The molecule has 5 rings (SSSR count). The Bertz CT molecular complexity index is 1210. The molecule has 8 heteroatoms. The van der Waals surface area contributed by atoms with E-state index in [1.807, 2.05) is 24.3 Å². The number of ether oxygens (including phenoxy) is 3. The van der Waals surface area contributed by atoms with E-state index < -0.39 is 11.4 Å². The molecule has 0 saturated carbocycles. The molecule has 3 aromatic rings. The van der Waals surface area contributed by atoms with Crippen LogP contribution in [0.5, 0.6) is 17.4 Å². The van der Waals surface area contributed by atoms with Crippen LogP contribution in [0.2, 0.25) is 0 Å². The first-order chi connectivity index (χ1) is 15.4. The number of hydrogen-bond donors (Lipinski definition) is 1. The third kappa shape index (κ3) is 3.56. The van der Waals surface area contributed by atoms with Gasteiger partial charge >= 0.3 is 0 Å². The van der Waals surface area contributed by atoms with Gasteiger partial charge in [0.1, 0.15) is 29.5 Å². The largest absolute Gasteiger partial charge is 0.477 e. The van der Waals surface area contributed by atoms with E-state index in [1.165, 1.54) is 12.3 Å². The summed E-state index contributed by atoms with van der Waals surface area (Å²) in [6, 6.07) is 8.90. The molecule has 0 fully saturated rings. The quantitative estimate of drug-likeness (QED) is 0.666. The summed E-state index contributed by atoms with van der Waals surface area (Å²) in [5.74, 6) is 2.00. The molecule has 1 atom stereocenters. The number of rotatable bonds is 4. The molecule has 0 radical (unpaired) electrons. The molecule has 2 aliphatic heterocycles. The molecule has 0 unspecified atom stereocenters. The summed E-state index contributed by atoms with van der Waals surface area (Å²) in [7, 11) is 0. The Morgan fingerprint density at radius 2 is 1.94 bits per heavy atom. The van der Waals surface area contributed by atoms with Gasteiger partial charge in [-0.05, 0) is 29.7 Å². The highest BCUT2D eigenvalue weighted by molar-refractivity contribution is 5.84. The summed E-state index contributed by atoms with van der Waals surface area (Å²) in [5, 5.41) is 0. The predicted octanol–water partition coefficient (Wildman–Crippen LogP) is 4.05. The van der Waals surface area contributed by atoms with Crippen LogP contribution >= 0.6 is 0 Å². The van der Waals surface area contributed by atoms with Crippen molar-refractivity contribution in [3.63, 3.8) is 0 Å². The summed E-state index contributed by atoms with van der Waals surface area (Å²) in [6.07, 6.45) is 4.43.